The van der Waals surface area contributed by atoms with Gasteiger partial charge in [-0.15, -0.1) is 34.0 Å². The number of hydrogen-bond donors (Lipinski definition) is 0. The van der Waals surface area contributed by atoms with Gasteiger partial charge in [0, 0.05) is 126 Å². The molecule has 4 aliphatic heterocycles. The van der Waals surface area contributed by atoms with Crippen LogP contribution >= 0.6 is 34.0 Å². The van der Waals surface area contributed by atoms with Crippen LogP contribution in [0, 0.1) is 0 Å². The molecule has 25 rings (SSSR count). The molecular weight excluding hydrogens is 1500 g/mol. The maximum absolute atomic E-state index is 2.71. The van der Waals surface area contributed by atoms with E-state index < -0.39 is 0 Å². The van der Waals surface area contributed by atoms with Crippen molar-refractivity contribution in [3.63, 3.8) is 0 Å². The second kappa shape index (κ2) is 27.1. The highest BCUT2D eigenvalue weighted by atomic mass is 32.1. The van der Waals surface area contributed by atoms with Gasteiger partial charge in [-0.05, 0) is 171 Å². The van der Waals surface area contributed by atoms with Gasteiger partial charge in [-0.25, -0.2) is 0 Å². The molecule has 554 valence electrons. The van der Waals surface area contributed by atoms with E-state index in [1.54, 1.807) is 0 Å². The van der Waals surface area contributed by atoms with Crippen LogP contribution < -0.4 is 62.2 Å². The molecule has 11 heteroatoms. The molecule has 18 aromatic carbocycles. The first kappa shape index (κ1) is 67.8. The molecule has 0 amide bonds. The van der Waals surface area contributed by atoms with Crippen LogP contribution in [-0.2, 0) is 0 Å². The van der Waals surface area contributed by atoms with Crippen LogP contribution in [0.2, 0.25) is 0 Å². The summed E-state index contributed by atoms with van der Waals surface area (Å²) >= 11 is 5.65. The molecule has 0 unspecified atom stereocenters. The largest absolute Gasteiger partial charge is 0.311 e. The topological polar surface area (TPSA) is 19.4 Å². The standard InChI is InChI=1S/C108H68B2N6S3/c1-7-33-69(34-8-1)77-48-29-49-78(70-35-9-2-10-36-70)105(77)116-90-56-25-23-54-86(90)110-87-67-88-95(68-94(87)113(74-43-17-6-18-44-74)96-65-76(66-99(116)103(96)110)112(73-41-15-5-16-42-73)91-57-30-50-82-79-45-19-26-60-100(79)117-106(82)91)115(93-59-32-52-84-81-47-21-28-62-102(81)119-108(84)93)98-64-75(111(71-37-11-3-12-38-71)72-39-13-4-14-40-72)63-97-104(98)109(88)85-53-22-24-55-89(85)114(97)92-58-31-51-83-80-46-20-27-61-101(80)118-107(83)92/h1-68H. The van der Waals surface area contributed by atoms with Crippen LogP contribution in [0.3, 0.4) is 0 Å². The number of benzene rings is 18. The molecule has 119 heavy (non-hydrogen) atoms. The molecule has 0 N–H and O–H groups in total. The van der Waals surface area contributed by atoms with Crippen LogP contribution in [0.25, 0.3) is 82.8 Å². The summed E-state index contributed by atoms with van der Waals surface area (Å²) in [6.07, 6.45) is 0. The number of nitrogens with zero attached hydrogens (tertiary/aromatic N) is 6. The molecule has 0 spiro atoms. The van der Waals surface area contributed by atoms with E-state index in [2.05, 4.69) is 442 Å². The smallest absolute Gasteiger partial charge is 0.252 e. The molecule has 21 aromatic rings. The van der Waals surface area contributed by atoms with Gasteiger partial charge in [0.05, 0.1) is 48.2 Å². The van der Waals surface area contributed by atoms with E-state index in [0.717, 1.165) is 125 Å². The zero-order valence-corrected chi connectivity index (χ0v) is 66.8. The van der Waals surface area contributed by atoms with Gasteiger partial charge < -0.3 is 29.4 Å². The normalized spacial score (nSPS) is 12.9. The molecule has 6 nitrogen and oxygen atoms in total. The van der Waals surface area contributed by atoms with Crippen molar-refractivity contribution in [1.82, 2.24) is 0 Å². The fraction of sp³-hybridized carbons (Fsp3) is 0. The first-order valence-corrected chi connectivity index (χ1v) is 43.2. The van der Waals surface area contributed by atoms with E-state index in [1.807, 2.05) is 34.0 Å². The third-order valence-electron chi connectivity index (χ3n) is 24.9. The number of rotatable bonds is 12. The van der Waals surface area contributed by atoms with Gasteiger partial charge in [0.25, 0.3) is 13.4 Å². The highest BCUT2D eigenvalue weighted by Crippen LogP contribution is 2.58. The average molecular weight is 1570 g/mol. The van der Waals surface area contributed by atoms with Gasteiger partial charge >= 0.3 is 0 Å². The van der Waals surface area contributed by atoms with Crippen molar-refractivity contribution >= 4 is 243 Å². The van der Waals surface area contributed by atoms with Crippen molar-refractivity contribution in [2.45, 2.75) is 0 Å². The minimum absolute atomic E-state index is 0.269. The average Bonchev–Trinajstić information content (AvgIpc) is 0.865. The maximum atomic E-state index is 2.71. The Labute approximate surface area is 701 Å². The summed E-state index contributed by atoms with van der Waals surface area (Å²) in [4.78, 5) is 15.7. The van der Waals surface area contributed by atoms with Crippen LogP contribution in [0.5, 0.6) is 0 Å². The Kier molecular flexibility index (Phi) is 15.4. The summed E-state index contributed by atoms with van der Waals surface area (Å²) in [5.74, 6) is 0. The monoisotopic (exact) mass is 1570 g/mol. The minimum Gasteiger partial charge on any atom is -0.311 e. The van der Waals surface area contributed by atoms with Crippen LogP contribution in [0.1, 0.15) is 0 Å². The van der Waals surface area contributed by atoms with E-state index in [4.69, 9.17) is 0 Å². The second-order valence-electron chi connectivity index (χ2n) is 31.3. The first-order valence-electron chi connectivity index (χ1n) is 40.8. The Balaban J connectivity index is 0.830. The Morgan fingerprint density at radius 2 is 0.555 bits per heavy atom. The SMILES string of the molecule is c1ccc(-c2cccc(-c3ccccc3)c2N2c3ccccc3B3c4cc5c(cc4N(c4ccccc4)c4cc(N(c6ccccc6)c6cccc7c6sc6ccccc67)cc2c43)N(c2cccc3c2sc2ccccc23)c2cc(N(c3ccccc3)c3ccccc3)cc3c2B5c2ccccc2N3c2cccc3c2sc2ccccc23)cc1. The molecule has 0 saturated heterocycles. The van der Waals surface area contributed by atoms with Crippen molar-refractivity contribution in [2.24, 2.45) is 0 Å². The third-order valence-corrected chi connectivity index (χ3v) is 28.5. The summed E-state index contributed by atoms with van der Waals surface area (Å²) in [7, 11) is 0. The van der Waals surface area contributed by atoms with Crippen LogP contribution in [0.15, 0.2) is 413 Å². The summed E-state index contributed by atoms with van der Waals surface area (Å²) in [6, 6.07) is 155. The van der Waals surface area contributed by atoms with Crippen molar-refractivity contribution < 1.29 is 0 Å². The van der Waals surface area contributed by atoms with Crippen LogP contribution in [0.4, 0.5) is 102 Å². The lowest BCUT2D eigenvalue weighted by Crippen LogP contribution is -2.65. The Bertz CT molecular complexity index is 7590. The summed E-state index contributed by atoms with van der Waals surface area (Å²) < 4.78 is 7.47. The van der Waals surface area contributed by atoms with E-state index >= 15 is 0 Å². The number of para-hydroxylation sites is 7. The predicted octanol–water partition coefficient (Wildman–Crippen LogP) is 27.2. The highest BCUT2D eigenvalue weighted by molar-refractivity contribution is 7.27. The van der Waals surface area contributed by atoms with Gasteiger partial charge in [-0.2, -0.15) is 0 Å². The Morgan fingerprint density at radius 1 is 0.210 bits per heavy atom. The first-order chi connectivity index (χ1) is 59.1. The minimum atomic E-state index is -0.295. The number of thiophene rings is 3. The van der Waals surface area contributed by atoms with Gasteiger partial charge in [0.15, 0.2) is 0 Å². The van der Waals surface area contributed by atoms with Gasteiger partial charge in [-0.1, -0.05) is 285 Å². The summed E-state index contributed by atoms with van der Waals surface area (Å²) in [5.41, 5.74) is 31.7. The molecule has 0 saturated carbocycles. The summed E-state index contributed by atoms with van der Waals surface area (Å²) in [6.45, 7) is -0.565. The number of hydrogen-bond acceptors (Lipinski definition) is 9. The molecule has 0 bridgehead atoms. The second-order valence-corrected chi connectivity index (χ2v) is 34.5. The van der Waals surface area contributed by atoms with E-state index in [-0.39, 0.29) is 13.4 Å². The Morgan fingerprint density at radius 3 is 1.06 bits per heavy atom. The van der Waals surface area contributed by atoms with Gasteiger partial charge in [-0.3, -0.25) is 0 Å². The molecule has 0 fully saturated rings. The summed E-state index contributed by atoms with van der Waals surface area (Å²) in [5, 5.41) is 7.49. The van der Waals surface area contributed by atoms with Crippen molar-refractivity contribution in [2.75, 3.05) is 29.4 Å². The van der Waals surface area contributed by atoms with Crippen molar-refractivity contribution in [3.8, 4) is 22.3 Å². The fourth-order valence-corrected chi connectivity index (χ4v) is 23.7. The van der Waals surface area contributed by atoms with Crippen molar-refractivity contribution in [1.29, 1.82) is 0 Å². The molecule has 0 radical (unpaired) electrons. The zero-order chi connectivity index (χ0) is 77.9. The predicted molar refractivity (Wildman–Crippen MR) is 513 cm³/mol. The Hall–Kier alpha value is -14.5. The van der Waals surface area contributed by atoms with E-state index in [9.17, 15) is 0 Å². The molecule has 4 aliphatic rings. The van der Waals surface area contributed by atoms with Crippen molar-refractivity contribution in [3.05, 3.63) is 413 Å². The third kappa shape index (κ3) is 10.4. The molecule has 0 aliphatic carbocycles. The van der Waals surface area contributed by atoms with Crippen LogP contribution in [-0.4, -0.2) is 13.4 Å². The molecule has 3 aromatic heterocycles. The number of fused-ring (bicyclic) bond motifs is 17. The quantitative estimate of drug-likeness (QED) is 0.113. The number of anilines is 18. The van der Waals surface area contributed by atoms with E-state index in [1.165, 1.54) is 93.3 Å². The maximum Gasteiger partial charge on any atom is 0.252 e. The zero-order valence-electron chi connectivity index (χ0n) is 64.3. The highest BCUT2D eigenvalue weighted by Gasteiger charge is 2.50. The molecule has 7 heterocycles. The van der Waals surface area contributed by atoms with Gasteiger partial charge in [0.1, 0.15) is 0 Å². The molecular formula is C108H68B2N6S3. The molecule has 0 atom stereocenters. The lowest BCUT2D eigenvalue weighted by molar-refractivity contribution is 1.22. The van der Waals surface area contributed by atoms with Gasteiger partial charge in [0.2, 0.25) is 0 Å². The lowest BCUT2D eigenvalue weighted by atomic mass is 9.30. The van der Waals surface area contributed by atoms with E-state index in [0.29, 0.717) is 0 Å². The fourth-order valence-electron chi connectivity index (χ4n) is 20.0. The lowest BCUT2D eigenvalue weighted by Gasteiger charge is -2.48.